The van der Waals surface area contributed by atoms with Gasteiger partial charge in [-0.2, -0.15) is 0 Å². The van der Waals surface area contributed by atoms with Gasteiger partial charge in [0, 0.05) is 9.89 Å². The third kappa shape index (κ3) is 2.85. The lowest BCUT2D eigenvalue weighted by Gasteiger charge is -2.36. The summed E-state index contributed by atoms with van der Waals surface area (Å²) in [6, 6.07) is 8.39. The Hall–Kier alpha value is -0.920. The Kier molecular flexibility index (Phi) is 4.14. The van der Waals surface area contributed by atoms with Gasteiger partial charge in [-0.25, -0.2) is 9.79 Å². The van der Waals surface area contributed by atoms with Crippen molar-refractivity contribution in [1.82, 2.24) is 0 Å². The molecule has 0 saturated heterocycles. The molecule has 0 aromatic heterocycles. The SMILES string of the molecule is O=C=NCC1(c2cccc(Br)c2)CCCCC1. The van der Waals surface area contributed by atoms with Crippen LogP contribution in [0.2, 0.25) is 0 Å². The van der Waals surface area contributed by atoms with Crippen LogP contribution >= 0.6 is 15.9 Å². The van der Waals surface area contributed by atoms with Gasteiger partial charge in [0.05, 0.1) is 6.54 Å². The lowest BCUT2D eigenvalue weighted by atomic mass is 9.69. The highest BCUT2D eigenvalue weighted by Crippen LogP contribution is 2.40. The summed E-state index contributed by atoms with van der Waals surface area (Å²) in [5.74, 6) is 0. The number of isocyanates is 1. The van der Waals surface area contributed by atoms with Crippen molar-refractivity contribution in [3.8, 4) is 0 Å². The van der Waals surface area contributed by atoms with Crippen LogP contribution < -0.4 is 0 Å². The maximum Gasteiger partial charge on any atom is 0.234 e. The highest BCUT2D eigenvalue weighted by molar-refractivity contribution is 9.10. The van der Waals surface area contributed by atoms with Crippen LogP contribution in [0, 0.1) is 0 Å². The van der Waals surface area contributed by atoms with Crippen molar-refractivity contribution in [1.29, 1.82) is 0 Å². The Labute approximate surface area is 110 Å². The van der Waals surface area contributed by atoms with Crippen LogP contribution in [0.1, 0.15) is 37.7 Å². The molecule has 0 atom stereocenters. The number of nitrogens with zero attached hydrogens (tertiary/aromatic N) is 1. The van der Waals surface area contributed by atoms with Crippen LogP contribution in [0.3, 0.4) is 0 Å². The lowest BCUT2D eigenvalue weighted by Crippen LogP contribution is -2.32. The molecule has 0 aliphatic heterocycles. The summed E-state index contributed by atoms with van der Waals surface area (Å²) in [5.41, 5.74) is 1.35. The van der Waals surface area contributed by atoms with Crippen molar-refractivity contribution in [2.75, 3.05) is 6.54 Å². The summed E-state index contributed by atoms with van der Waals surface area (Å²) in [6.45, 7) is 0.576. The van der Waals surface area contributed by atoms with E-state index in [1.807, 2.05) is 6.07 Å². The predicted molar refractivity (Wildman–Crippen MR) is 71.9 cm³/mol. The van der Waals surface area contributed by atoms with Gasteiger partial charge in [-0.3, -0.25) is 0 Å². The Bertz CT molecular complexity index is 432. The monoisotopic (exact) mass is 293 g/mol. The molecule has 1 aromatic carbocycles. The molecule has 3 heteroatoms. The van der Waals surface area contributed by atoms with Crippen LogP contribution in [-0.4, -0.2) is 12.6 Å². The molecule has 1 aliphatic carbocycles. The molecule has 0 bridgehead atoms. The van der Waals surface area contributed by atoms with Gasteiger partial charge < -0.3 is 0 Å². The third-order valence-corrected chi connectivity index (χ3v) is 4.19. The standard InChI is InChI=1S/C14H16BrNO/c15-13-6-4-5-12(9-13)14(10-16-11-17)7-2-1-3-8-14/h4-6,9H,1-3,7-8,10H2. The number of halogens is 1. The quantitative estimate of drug-likeness (QED) is 0.612. The van der Waals surface area contributed by atoms with E-state index in [1.54, 1.807) is 6.08 Å². The van der Waals surface area contributed by atoms with Gasteiger partial charge in [0.2, 0.25) is 6.08 Å². The number of hydrogen-bond donors (Lipinski definition) is 0. The first-order valence-electron chi connectivity index (χ1n) is 6.06. The fourth-order valence-corrected chi connectivity index (χ4v) is 3.17. The average molecular weight is 294 g/mol. The maximum absolute atomic E-state index is 10.4. The smallest absolute Gasteiger partial charge is 0.211 e. The van der Waals surface area contributed by atoms with E-state index in [0.29, 0.717) is 6.54 Å². The van der Waals surface area contributed by atoms with Crippen molar-refractivity contribution >= 4 is 22.0 Å². The van der Waals surface area contributed by atoms with Gasteiger partial charge in [-0.1, -0.05) is 47.3 Å². The van der Waals surface area contributed by atoms with Gasteiger partial charge in [0.15, 0.2) is 0 Å². The van der Waals surface area contributed by atoms with Crippen LogP contribution in [0.15, 0.2) is 33.7 Å². The molecule has 2 rings (SSSR count). The predicted octanol–water partition coefficient (Wildman–Crippen LogP) is 3.99. The zero-order chi connectivity index (χ0) is 12.1. The summed E-state index contributed by atoms with van der Waals surface area (Å²) in [6.07, 6.45) is 7.67. The van der Waals surface area contributed by atoms with Crippen molar-refractivity contribution < 1.29 is 4.79 Å². The minimum atomic E-state index is 0.0550. The first-order valence-corrected chi connectivity index (χ1v) is 6.86. The fraction of sp³-hybridized carbons (Fsp3) is 0.500. The summed E-state index contributed by atoms with van der Waals surface area (Å²) in [4.78, 5) is 14.2. The molecule has 1 saturated carbocycles. The molecule has 90 valence electrons. The number of rotatable bonds is 3. The van der Waals surface area contributed by atoms with Crippen LogP contribution in [0.25, 0.3) is 0 Å². The van der Waals surface area contributed by atoms with Crippen molar-refractivity contribution in [3.05, 3.63) is 34.3 Å². The van der Waals surface area contributed by atoms with E-state index in [0.717, 1.165) is 17.3 Å². The number of hydrogen-bond acceptors (Lipinski definition) is 2. The molecule has 1 aliphatic rings. The van der Waals surface area contributed by atoms with E-state index in [4.69, 9.17) is 0 Å². The Morgan fingerprint density at radius 3 is 2.71 bits per heavy atom. The first-order chi connectivity index (χ1) is 8.27. The van der Waals surface area contributed by atoms with Gasteiger partial charge in [-0.15, -0.1) is 0 Å². The molecule has 2 nitrogen and oxygen atoms in total. The van der Waals surface area contributed by atoms with Crippen LogP contribution in [-0.2, 0) is 10.2 Å². The Morgan fingerprint density at radius 1 is 1.29 bits per heavy atom. The molecule has 1 aromatic rings. The maximum atomic E-state index is 10.4. The molecule has 0 N–H and O–H groups in total. The number of benzene rings is 1. The normalized spacial score (nSPS) is 18.4. The number of aliphatic imine (C=N–C) groups is 1. The Morgan fingerprint density at radius 2 is 2.06 bits per heavy atom. The molecular formula is C14H16BrNO. The van der Waals surface area contributed by atoms with E-state index in [-0.39, 0.29) is 5.41 Å². The van der Waals surface area contributed by atoms with Crippen molar-refractivity contribution in [2.24, 2.45) is 4.99 Å². The van der Waals surface area contributed by atoms with Crippen LogP contribution in [0.4, 0.5) is 0 Å². The zero-order valence-electron chi connectivity index (χ0n) is 9.79. The fourth-order valence-electron chi connectivity index (χ4n) is 2.77. The third-order valence-electron chi connectivity index (χ3n) is 3.69. The number of carbonyl (C=O) groups excluding carboxylic acids is 1. The summed E-state index contributed by atoms with van der Waals surface area (Å²) < 4.78 is 1.09. The second kappa shape index (κ2) is 5.61. The molecular weight excluding hydrogens is 278 g/mol. The molecule has 0 amide bonds. The van der Waals surface area contributed by atoms with E-state index < -0.39 is 0 Å². The van der Waals surface area contributed by atoms with Gasteiger partial charge in [0.1, 0.15) is 0 Å². The summed E-state index contributed by atoms with van der Waals surface area (Å²) in [5, 5.41) is 0. The molecule has 0 heterocycles. The van der Waals surface area contributed by atoms with E-state index in [1.165, 1.54) is 24.8 Å². The van der Waals surface area contributed by atoms with Crippen molar-refractivity contribution in [3.63, 3.8) is 0 Å². The zero-order valence-corrected chi connectivity index (χ0v) is 11.4. The summed E-state index contributed by atoms with van der Waals surface area (Å²) >= 11 is 3.51. The second-order valence-electron chi connectivity index (χ2n) is 4.76. The molecule has 1 fully saturated rings. The topological polar surface area (TPSA) is 29.4 Å². The minimum absolute atomic E-state index is 0.0550. The highest BCUT2D eigenvalue weighted by atomic mass is 79.9. The molecule has 17 heavy (non-hydrogen) atoms. The van der Waals surface area contributed by atoms with Gasteiger partial charge in [-0.05, 0) is 30.5 Å². The lowest BCUT2D eigenvalue weighted by molar-refractivity contribution is 0.301. The molecule has 0 spiro atoms. The second-order valence-corrected chi connectivity index (χ2v) is 5.67. The Balaban J connectivity index is 2.34. The van der Waals surface area contributed by atoms with Crippen LogP contribution in [0.5, 0.6) is 0 Å². The minimum Gasteiger partial charge on any atom is -0.211 e. The average Bonchev–Trinajstić information content (AvgIpc) is 2.37. The molecule has 0 radical (unpaired) electrons. The molecule has 0 unspecified atom stereocenters. The highest BCUT2D eigenvalue weighted by Gasteiger charge is 2.33. The first kappa shape index (κ1) is 12.5. The van der Waals surface area contributed by atoms with Crippen molar-refractivity contribution in [2.45, 2.75) is 37.5 Å². The van der Waals surface area contributed by atoms with E-state index in [2.05, 4.69) is 39.1 Å². The van der Waals surface area contributed by atoms with Gasteiger partial charge in [0.25, 0.3) is 0 Å². The summed E-state index contributed by atoms with van der Waals surface area (Å²) in [7, 11) is 0. The van der Waals surface area contributed by atoms with Gasteiger partial charge >= 0.3 is 0 Å². The largest absolute Gasteiger partial charge is 0.234 e. The van der Waals surface area contributed by atoms with E-state index >= 15 is 0 Å². The van der Waals surface area contributed by atoms with E-state index in [9.17, 15) is 4.79 Å².